The Morgan fingerprint density at radius 3 is 2.53 bits per heavy atom. The minimum Gasteiger partial charge on any atom is -0.352 e. The molecule has 0 saturated carbocycles. The van der Waals surface area contributed by atoms with Crippen molar-refractivity contribution in [2.45, 2.75) is 18.7 Å². The lowest BCUT2D eigenvalue weighted by atomic mass is 10.1. The fourth-order valence-electron chi connectivity index (χ4n) is 1.29. The zero-order chi connectivity index (χ0) is 13.2. The Bertz CT molecular complexity index is 557. The molecular formula is C10H11BrClNO3S. The molecule has 1 aromatic carbocycles. The van der Waals surface area contributed by atoms with Crippen molar-refractivity contribution in [3.63, 3.8) is 0 Å². The molecule has 0 spiro atoms. The van der Waals surface area contributed by atoms with E-state index in [4.69, 9.17) is 10.7 Å². The summed E-state index contributed by atoms with van der Waals surface area (Å²) in [6.45, 7) is 3.97. The van der Waals surface area contributed by atoms with Crippen molar-refractivity contribution in [2.75, 3.05) is 6.54 Å². The summed E-state index contributed by atoms with van der Waals surface area (Å²) in [4.78, 5) is 11.6. The second-order valence-electron chi connectivity index (χ2n) is 3.37. The van der Waals surface area contributed by atoms with Crippen LogP contribution in [0, 0.1) is 6.92 Å². The molecule has 0 fully saturated rings. The van der Waals surface area contributed by atoms with Gasteiger partial charge in [-0.2, -0.15) is 0 Å². The molecule has 0 radical (unpaired) electrons. The quantitative estimate of drug-likeness (QED) is 0.860. The maximum Gasteiger partial charge on any atom is 0.261 e. The molecule has 0 aliphatic heterocycles. The third kappa shape index (κ3) is 3.43. The molecule has 0 aliphatic rings. The van der Waals surface area contributed by atoms with Gasteiger partial charge in [0, 0.05) is 27.3 Å². The SMILES string of the molecule is CCNC(=O)c1cc(S(=O)(=O)Cl)cc(Br)c1C. The lowest BCUT2D eigenvalue weighted by Gasteiger charge is -2.09. The van der Waals surface area contributed by atoms with E-state index in [1.807, 2.05) is 0 Å². The molecule has 7 heteroatoms. The molecule has 0 aliphatic carbocycles. The van der Waals surface area contributed by atoms with Crippen LogP contribution in [-0.4, -0.2) is 20.9 Å². The summed E-state index contributed by atoms with van der Waals surface area (Å²) in [5, 5.41) is 2.61. The summed E-state index contributed by atoms with van der Waals surface area (Å²) in [7, 11) is 1.41. The summed E-state index contributed by atoms with van der Waals surface area (Å²) in [5.74, 6) is -0.326. The molecular weight excluding hydrogens is 330 g/mol. The maximum absolute atomic E-state index is 11.7. The molecule has 4 nitrogen and oxygen atoms in total. The van der Waals surface area contributed by atoms with E-state index in [1.54, 1.807) is 13.8 Å². The smallest absolute Gasteiger partial charge is 0.261 e. The predicted molar refractivity (Wildman–Crippen MR) is 69.9 cm³/mol. The minimum absolute atomic E-state index is 0.0992. The van der Waals surface area contributed by atoms with Crippen molar-refractivity contribution in [1.82, 2.24) is 5.32 Å². The van der Waals surface area contributed by atoms with Crippen molar-refractivity contribution >= 4 is 41.6 Å². The van der Waals surface area contributed by atoms with Crippen LogP contribution in [0.15, 0.2) is 21.5 Å². The van der Waals surface area contributed by atoms with Crippen molar-refractivity contribution in [3.8, 4) is 0 Å². The summed E-state index contributed by atoms with van der Waals surface area (Å²) < 4.78 is 23.0. The van der Waals surface area contributed by atoms with E-state index < -0.39 is 9.05 Å². The number of rotatable bonds is 3. The van der Waals surface area contributed by atoms with Gasteiger partial charge in [-0.3, -0.25) is 4.79 Å². The molecule has 17 heavy (non-hydrogen) atoms. The summed E-state index contributed by atoms with van der Waals surface area (Å²) >= 11 is 3.21. The Hall–Kier alpha value is -0.590. The van der Waals surface area contributed by atoms with Gasteiger partial charge >= 0.3 is 0 Å². The fraction of sp³-hybridized carbons (Fsp3) is 0.300. The van der Waals surface area contributed by atoms with Crippen LogP contribution >= 0.6 is 26.6 Å². The first-order valence-corrected chi connectivity index (χ1v) is 7.90. The number of benzene rings is 1. The van der Waals surface area contributed by atoms with Gasteiger partial charge in [0.1, 0.15) is 0 Å². The van der Waals surface area contributed by atoms with Gasteiger partial charge in [0.25, 0.3) is 15.0 Å². The van der Waals surface area contributed by atoms with Gasteiger partial charge in [-0.15, -0.1) is 0 Å². The molecule has 0 aromatic heterocycles. The number of carbonyl (C=O) groups excluding carboxylic acids is 1. The van der Waals surface area contributed by atoms with Crippen molar-refractivity contribution in [2.24, 2.45) is 0 Å². The minimum atomic E-state index is -3.85. The summed E-state index contributed by atoms with van der Waals surface area (Å²) in [5.41, 5.74) is 0.959. The van der Waals surface area contributed by atoms with Crippen LogP contribution < -0.4 is 5.32 Å². The second-order valence-corrected chi connectivity index (χ2v) is 6.80. The molecule has 0 heterocycles. The van der Waals surface area contributed by atoms with Gasteiger partial charge in [0.05, 0.1) is 4.90 Å². The molecule has 1 N–H and O–H groups in total. The largest absolute Gasteiger partial charge is 0.352 e. The second kappa shape index (κ2) is 5.37. The Morgan fingerprint density at radius 2 is 2.06 bits per heavy atom. The average molecular weight is 341 g/mol. The first kappa shape index (κ1) is 14.5. The van der Waals surface area contributed by atoms with Gasteiger partial charge in [-0.1, -0.05) is 15.9 Å². The van der Waals surface area contributed by atoms with Crippen LogP contribution in [0.4, 0.5) is 0 Å². The first-order valence-electron chi connectivity index (χ1n) is 4.80. The Kier molecular flexibility index (Phi) is 4.57. The highest BCUT2D eigenvalue weighted by molar-refractivity contribution is 9.10. The van der Waals surface area contributed by atoms with Gasteiger partial charge < -0.3 is 5.32 Å². The number of halogens is 2. The molecule has 0 atom stereocenters. The molecule has 0 saturated heterocycles. The lowest BCUT2D eigenvalue weighted by molar-refractivity contribution is 0.0955. The zero-order valence-corrected chi connectivity index (χ0v) is 12.4. The molecule has 1 aromatic rings. The lowest BCUT2D eigenvalue weighted by Crippen LogP contribution is -2.23. The monoisotopic (exact) mass is 339 g/mol. The fourth-order valence-corrected chi connectivity index (χ4v) is 2.68. The van der Waals surface area contributed by atoms with Gasteiger partial charge in [-0.05, 0) is 31.5 Å². The first-order chi connectivity index (χ1) is 7.77. The maximum atomic E-state index is 11.7. The van der Waals surface area contributed by atoms with E-state index in [1.165, 1.54) is 12.1 Å². The van der Waals surface area contributed by atoms with Crippen molar-refractivity contribution < 1.29 is 13.2 Å². The van der Waals surface area contributed by atoms with Gasteiger partial charge in [0.2, 0.25) is 0 Å². The predicted octanol–water partition coefficient (Wildman–Crippen LogP) is 2.43. The van der Waals surface area contributed by atoms with Crippen LogP contribution in [0.25, 0.3) is 0 Å². The van der Waals surface area contributed by atoms with Gasteiger partial charge in [-0.25, -0.2) is 8.42 Å². The third-order valence-electron chi connectivity index (χ3n) is 2.18. The summed E-state index contributed by atoms with van der Waals surface area (Å²) in [6.07, 6.45) is 0. The zero-order valence-electron chi connectivity index (χ0n) is 9.25. The van der Waals surface area contributed by atoms with Crippen LogP contribution in [0.2, 0.25) is 0 Å². The highest BCUT2D eigenvalue weighted by Crippen LogP contribution is 2.26. The third-order valence-corrected chi connectivity index (χ3v) is 4.34. The Balaban J connectivity index is 3.40. The number of carbonyl (C=O) groups is 1. The molecule has 1 amide bonds. The Morgan fingerprint density at radius 1 is 1.47 bits per heavy atom. The van der Waals surface area contributed by atoms with E-state index >= 15 is 0 Å². The topological polar surface area (TPSA) is 63.2 Å². The normalized spacial score (nSPS) is 11.3. The van der Waals surface area contributed by atoms with E-state index in [0.717, 1.165) is 0 Å². The standard InChI is InChI=1S/C10H11BrClNO3S/c1-3-13-10(14)8-4-7(17(12,15)16)5-9(11)6(8)2/h4-5H,3H2,1-2H3,(H,13,14). The van der Waals surface area contributed by atoms with Crippen LogP contribution in [0.1, 0.15) is 22.8 Å². The molecule has 0 unspecified atom stereocenters. The molecule has 0 bridgehead atoms. The molecule has 1 rings (SSSR count). The van der Waals surface area contributed by atoms with Crippen LogP contribution in [0.5, 0.6) is 0 Å². The van der Waals surface area contributed by atoms with Crippen LogP contribution in [-0.2, 0) is 9.05 Å². The number of amides is 1. The van der Waals surface area contributed by atoms with E-state index in [9.17, 15) is 13.2 Å². The van der Waals surface area contributed by atoms with Crippen molar-refractivity contribution in [1.29, 1.82) is 0 Å². The summed E-state index contributed by atoms with van der Waals surface area (Å²) in [6, 6.07) is 2.65. The van der Waals surface area contributed by atoms with Gasteiger partial charge in [0.15, 0.2) is 0 Å². The average Bonchev–Trinajstić information content (AvgIpc) is 2.20. The number of hydrogen-bond donors (Lipinski definition) is 1. The number of hydrogen-bond acceptors (Lipinski definition) is 3. The number of nitrogens with one attached hydrogen (secondary N) is 1. The Labute approximate surface area is 113 Å². The van der Waals surface area contributed by atoms with Crippen LogP contribution in [0.3, 0.4) is 0 Å². The van der Waals surface area contributed by atoms with E-state index in [0.29, 0.717) is 22.1 Å². The molecule has 94 valence electrons. The highest BCUT2D eigenvalue weighted by atomic mass is 79.9. The van der Waals surface area contributed by atoms with Crippen molar-refractivity contribution in [3.05, 3.63) is 27.7 Å². The van der Waals surface area contributed by atoms with E-state index in [-0.39, 0.29) is 10.8 Å². The highest BCUT2D eigenvalue weighted by Gasteiger charge is 2.18. The van der Waals surface area contributed by atoms with E-state index in [2.05, 4.69) is 21.2 Å².